The van der Waals surface area contributed by atoms with Crippen molar-refractivity contribution >= 4 is 47.3 Å². The van der Waals surface area contributed by atoms with Crippen LogP contribution in [0.2, 0.25) is 0 Å². The summed E-state index contributed by atoms with van der Waals surface area (Å²) in [6, 6.07) is 9.21. The van der Waals surface area contributed by atoms with E-state index >= 15 is 0 Å². The largest absolute Gasteiger partial charge is 0.425 e. The molecule has 18 rings (SSSR count). The number of hydrogen-bond acceptors (Lipinski definition) is 21. The molecule has 18 heterocycles. The van der Waals surface area contributed by atoms with E-state index in [9.17, 15) is 73.2 Å². The third kappa shape index (κ3) is 17.0. The highest BCUT2D eigenvalue weighted by atomic mass is 16.5. The second-order valence-electron chi connectivity index (χ2n) is 19.9. The first-order valence-electron chi connectivity index (χ1n) is 27.7. The smallest absolute Gasteiger partial charge is 0.296 e. The Kier molecular flexibility index (Phi) is 23.2. The van der Waals surface area contributed by atoms with Crippen LogP contribution in [0.4, 0.5) is 0 Å². The lowest BCUT2D eigenvalue weighted by molar-refractivity contribution is 0.0251. The average molecular weight is 1200 g/mol. The molecule has 0 aromatic carbocycles. The summed E-state index contributed by atoms with van der Waals surface area (Å²) in [4.78, 5) is 168. The van der Waals surface area contributed by atoms with Gasteiger partial charge in [-0.05, 0) is 55.0 Å². The number of nitrogens with zero attached hydrogens (tertiary/aromatic N) is 8. The van der Waals surface area contributed by atoms with Gasteiger partial charge in [-0.3, -0.25) is 77.1 Å². The van der Waals surface area contributed by atoms with Crippen molar-refractivity contribution in [3.8, 4) is 0 Å². The molecule has 4 unspecified atom stereocenters. The lowest BCUT2D eigenvalue weighted by atomic mass is 10.2. The molecule has 0 saturated heterocycles. The highest BCUT2D eigenvalue weighted by Gasteiger charge is 2.25. The summed E-state index contributed by atoms with van der Waals surface area (Å²) in [5.41, 5.74) is -7.40. The molecule has 0 fully saturated rings. The Morgan fingerprint density at radius 2 is 0.593 bits per heavy atom. The van der Waals surface area contributed by atoms with Crippen molar-refractivity contribution in [2.75, 3.05) is 151 Å². The van der Waals surface area contributed by atoms with Crippen molar-refractivity contribution in [3.05, 3.63) is 135 Å². The first kappa shape index (κ1) is 64.3. The van der Waals surface area contributed by atoms with E-state index in [0.29, 0.717) is 6.42 Å². The van der Waals surface area contributed by atoms with Crippen molar-refractivity contribution < 1.29 is 63.5 Å². The van der Waals surface area contributed by atoms with Gasteiger partial charge in [-0.1, -0.05) is 0 Å². The Bertz CT molecular complexity index is 2980. The molecule has 33 nitrogen and oxygen atoms in total. The topological polar surface area (TPSA) is 413 Å². The molecule has 464 valence electrons. The van der Waals surface area contributed by atoms with Crippen molar-refractivity contribution in [3.63, 3.8) is 0 Å². The SMILES string of the molecule is Cn1c2ccc(c1=O)C(=O)NCCN1CCNC(=O)c3ccc(c(=O)n3O)C(=O)NCCN(CCCOCN3CCNC(=O)c4ccc(n(O)c4=O)C(=O)NCCN(CCNC(=O)c4ccc(n(O)c4=O)C(=O)NCC3)CCOCC1)CCNC2=O. The second kappa shape index (κ2) is 31.0. The van der Waals surface area contributed by atoms with Gasteiger partial charge in [0.2, 0.25) is 0 Å². The average Bonchev–Trinajstić information content (AvgIpc) is 3.05. The number of ether oxygens (including phenoxy) is 2. The van der Waals surface area contributed by atoms with Crippen LogP contribution < -0.4 is 64.8 Å². The van der Waals surface area contributed by atoms with Crippen molar-refractivity contribution in [1.29, 1.82) is 0 Å². The summed E-state index contributed by atoms with van der Waals surface area (Å²) in [5.74, 6) is -6.57. The predicted molar refractivity (Wildman–Crippen MR) is 301 cm³/mol. The van der Waals surface area contributed by atoms with Crippen LogP contribution in [0.5, 0.6) is 0 Å². The summed E-state index contributed by atoms with van der Waals surface area (Å²) in [7, 11) is 1.35. The summed E-state index contributed by atoms with van der Waals surface area (Å²) < 4.78 is 13.3. The van der Waals surface area contributed by atoms with Crippen LogP contribution in [0.25, 0.3) is 0 Å². The monoisotopic (exact) mass is 1200 g/mol. The molecule has 4 aromatic rings. The molecule has 4 aromatic heterocycles. The minimum absolute atomic E-state index is 0.0194. The number of hydrogen-bond donors (Lipinski definition) is 11. The molecule has 4 atom stereocenters. The van der Waals surface area contributed by atoms with Crippen LogP contribution in [0.1, 0.15) is 89.8 Å². The Morgan fingerprint density at radius 1 is 0.314 bits per heavy atom. The number of nitrogens with one attached hydrogen (secondary N) is 8. The lowest BCUT2D eigenvalue weighted by Gasteiger charge is -2.25. The zero-order valence-corrected chi connectivity index (χ0v) is 47.2. The van der Waals surface area contributed by atoms with Crippen molar-refractivity contribution in [2.45, 2.75) is 6.42 Å². The van der Waals surface area contributed by atoms with E-state index < -0.39 is 103 Å². The van der Waals surface area contributed by atoms with Crippen LogP contribution >= 0.6 is 0 Å². The van der Waals surface area contributed by atoms with E-state index in [4.69, 9.17) is 9.47 Å². The first-order valence-corrected chi connectivity index (χ1v) is 27.7. The molecule has 8 amide bonds. The third-order valence-corrected chi connectivity index (χ3v) is 14.2. The summed E-state index contributed by atoms with van der Waals surface area (Å²) in [5, 5.41) is 53.6. The molecule has 11 N–H and O–H groups in total. The van der Waals surface area contributed by atoms with E-state index in [2.05, 4.69) is 42.5 Å². The minimum atomic E-state index is -1.18. The van der Waals surface area contributed by atoms with Gasteiger partial charge in [-0.25, -0.2) is 0 Å². The zero-order valence-electron chi connectivity index (χ0n) is 47.2. The lowest BCUT2D eigenvalue weighted by Crippen LogP contribution is -2.44. The maximum atomic E-state index is 13.5. The molecule has 33 heteroatoms. The quantitative estimate of drug-likeness (QED) is 0.0731. The summed E-state index contributed by atoms with van der Waals surface area (Å²) in [6.07, 6.45) is 0.328. The Hall–Kier alpha value is -9.28. The molecule has 0 spiro atoms. The Morgan fingerprint density at radius 3 is 0.942 bits per heavy atom. The van der Waals surface area contributed by atoms with Crippen LogP contribution in [-0.2, 0) is 16.5 Å². The molecule has 14 aliphatic heterocycles. The fourth-order valence-electron chi connectivity index (χ4n) is 9.34. The number of amides is 8. The molecule has 86 heavy (non-hydrogen) atoms. The highest BCUT2D eigenvalue weighted by Crippen LogP contribution is 2.06. The van der Waals surface area contributed by atoms with Gasteiger partial charge in [0.05, 0.1) is 19.9 Å². The first-order chi connectivity index (χ1) is 41.3. The van der Waals surface area contributed by atoms with E-state index in [1.165, 1.54) is 19.2 Å². The summed E-state index contributed by atoms with van der Waals surface area (Å²) in [6.45, 7) is 0.879. The van der Waals surface area contributed by atoms with Crippen LogP contribution in [0, 0.1) is 0 Å². The van der Waals surface area contributed by atoms with E-state index in [-0.39, 0.29) is 176 Å². The van der Waals surface area contributed by atoms with Gasteiger partial charge in [0, 0.05) is 138 Å². The maximum Gasteiger partial charge on any atom is 0.296 e. The van der Waals surface area contributed by atoms with Crippen LogP contribution in [0.15, 0.2) is 67.7 Å². The zero-order chi connectivity index (χ0) is 61.9. The number of aromatic nitrogens is 4. The fraction of sp³-hybridized carbons (Fsp3) is 0.472. The molecular formula is C53H70N16O17. The molecule has 0 aliphatic carbocycles. The highest BCUT2D eigenvalue weighted by molar-refractivity contribution is 5.99. The van der Waals surface area contributed by atoms with Gasteiger partial charge in [0.1, 0.15) is 45.0 Å². The van der Waals surface area contributed by atoms with Gasteiger partial charge in [-0.15, -0.1) is 14.2 Å². The predicted octanol–water partition coefficient (Wildman–Crippen LogP) is -5.85. The molecule has 0 radical (unpaired) electrons. The second-order valence-corrected chi connectivity index (χ2v) is 19.9. The molecular weight excluding hydrogens is 1130 g/mol. The summed E-state index contributed by atoms with van der Waals surface area (Å²) >= 11 is 0. The van der Waals surface area contributed by atoms with Gasteiger partial charge in [-0.2, -0.15) is 0 Å². The number of carbonyl (C=O) groups excluding carboxylic acids is 8. The van der Waals surface area contributed by atoms with Crippen LogP contribution in [-0.4, -0.2) is 252 Å². The number of pyridine rings is 4. The Balaban J connectivity index is 1.20. The Labute approximate surface area is 489 Å². The van der Waals surface area contributed by atoms with Crippen molar-refractivity contribution in [1.82, 2.24) is 80.9 Å². The van der Waals surface area contributed by atoms with Crippen LogP contribution in [0.3, 0.4) is 0 Å². The van der Waals surface area contributed by atoms with Gasteiger partial charge in [0.15, 0.2) is 0 Å². The standard InChI is InChI=1S/C53H70N16O17/c1-62-38-7-3-34(50(62)78)42(70)54-12-22-64-24-15-59-47(75)39-8-4-35(51(79)67(39)82)43(71)55-11-20-63(21-14-58-46(38)74)19-2-30-86-33-66-26-17-57-45(73)37-6-9-40(68(83)53(37)81)48(76)60-16-25-65(29-32-85-31-28-64)23-13-56-44(72)36-5-10-41(69(84)52(36)80)49(77)61-18-27-66/h3-10,82-84H,2,11-33H2,1H3,(H,54,70)(H,55,71)(H,56,72)(H,57,73)(H,58,74)(H,59,75)(H,60,76)(H,61,77). The van der Waals surface area contributed by atoms with E-state index in [1.807, 2.05) is 4.90 Å². The van der Waals surface area contributed by atoms with Crippen molar-refractivity contribution in [2.24, 2.45) is 7.05 Å². The van der Waals surface area contributed by atoms with Gasteiger partial charge < -0.3 is 72.2 Å². The van der Waals surface area contributed by atoms with E-state index in [1.54, 1.807) is 14.7 Å². The fourth-order valence-corrected chi connectivity index (χ4v) is 9.34. The maximum absolute atomic E-state index is 13.5. The van der Waals surface area contributed by atoms with Gasteiger partial charge >= 0.3 is 0 Å². The minimum Gasteiger partial charge on any atom is -0.425 e. The number of carbonyl (C=O) groups is 8. The molecule has 12 bridgehead atoms. The number of rotatable bonds is 0. The normalized spacial score (nSPS) is 21.6. The third-order valence-electron chi connectivity index (χ3n) is 14.2. The molecule has 0 saturated carbocycles. The molecule has 14 aliphatic rings. The van der Waals surface area contributed by atoms with E-state index in [0.717, 1.165) is 41.0 Å². The van der Waals surface area contributed by atoms with Gasteiger partial charge in [0.25, 0.3) is 69.5 Å².